The Morgan fingerprint density at radius 3 is 2.79 bits per heavy atom. The first-order chi connectivity index (χ1) is 13.8. The normalized spacial score (nSPS) is 25.1. The molecular formula is C19H22N4O4S2. The van der Waals surface area contributed by atoms with Gasteiger partial charge in [-0.1, -0.05) is 12.1 Å². The van der Waals surface area contributed by atoms with E-state index in [1.54, 1.807) is 23.1 Å². The lowest BCUT2D eigenvalue weighted by Crippen LogP contribution is -2.62. The fraction of sp³-hybridized carbons (Fsp3) is 0.421. The number of hydrogen-bond acceptors (Lipinski definition) is 8. The zero-order chi connectivity index (χ0) is 20.6. The van der Waals surface area contributed by atoms with Gasteiger partial charge in [0.25, 0.3) is 0 Å². The molecule has 154 valence electrons. The van der Waals surface area contributed by atoms with Gasteiger partial charge in [0, 0.05) is 30.1 Å². The van der Waals surface area contributed by atoms with E-state index in [1.807, 2.05) is 17.5 Å². The molecule has 2 aliphatic rings. The van der Waals surface area contributed by atoms with Crippen LogP contribution in [0.25, 0.3) is 0 Å². The number of pyridine rings is 1. The molecule has 2 aromatic rings. The Morgan fingerprint density at radius 1 is 1.31 bits per heavy atom. The van der Waals surface area contributed by atoms with Gasteiger partial charge in [-0.25, -0.2) is 8.42 Å². The number of carbonyl (C=O) groups is 2. The molecule has 0 aromatic carbocycles. The van der Waals surface area contributed by atoms with Crippen LogP contribution in [0, 0.1) is 0 Å². The zero-order valence-corrected chi connectivity index (χ0v) is 17.3. The highest BCUT2D eigenvalue weighted by molar-refractivity contribution is 7.88. The molecule has 2 fully saturated rings. The zero-order valence-electron chi connectivity index (χ0n) is 15.7. The van der Waals surface area contributed by atoms with Crippen LogP contribution in [0.2, 0.25) is 0 Å². The molecule has 0 bridgehead atoms. The summed E-state index contributed by atoms with van der Waals surface area (Å²) in [6.45, 7) is 0.187. The number of ketones is 1. The summed E-state index contributed by atoms with van der Waals surface area (Å²) in [5.74, 6) is -0.485. The van der Waals surface area contributed by atoms with E-state index < -0.39 is 27.8 Å². The van der Waals surface area contributed by atoms with Crippen LogP contribution in [0.3, 0.4) is 0 Å². The Balaban J connectivity index is 1.57. The van der Waals surface area contributed by atoms with Crippen LogP contribution in [0.5, 0.6) is 0 Å². The van der Waals surface area contributed by atoms with Crippen LogP contribution >= 0.6 is 11.3 Å². The van der Waals surface area contributed by atoms with Gasteiger partial charge >= 0.3 is 0 Å². The van der Waals surface area contributed by atoms with Crippen molar-refractivity contribution in [3.63, 3.8) is 0 Å². The van der Waals surface area contributed by atoms with Crippen LogP contribution in [0.1, 0.15) is 17.0 Å². The van der Waals surface area contributed by atoms with Crippen molar-refractivity contribution in [3.8, 4) is 0 Å². The number of carbonyl (C=O) groups excluding carboxylic acids is 2. The first-order valence-electron chi connectivity index (χ1n) is 9.30. The molecule has 2 N–H and O–H groups in total. The number of nitrogens with zero attached hydrogens (tertiary/aromatic N) is 3. The van der Waals surface area contributed by atoms with E-state index in [4.69, 9.17) is 5.73 Å². The molecule has 3 atom stereocenters. The quantitative estimate of drug-likeness (QED) is 0.627. The number of rotatable bonds is 7. The minimum atomic E-state index is -3.73. The Morgan fingerprint density at radius 2 is 2.14 bits per heavy atom. The molecule has 10 heteroatoms. The van der Waals surface area contributed by atoms with E-state index in [1.165, 1.54) is 21.8 Å². The van der Waals surface area contributed by atoms with Crippen molar-refractivity contribution in [2.45, 2.75) is 36.3 Å². The minimum absolute atomic E-state index is 0.199. The van der Waals surface area contributed by atoms with Gasteiger partial charge in [0.05, 0.1) is 18.3 Å². The van der Waals surface area contributed by atoms with Crippen LogP contribution in [0.4, 0.5) is 0 Å². The third-order valence-corrected chi connectivity index (χ3v) is 8.22. The van der Waals surface area contributed by atoms with Gasteiger partial charge in [-0.05, 0) is 30.0 Å². The summed E-state index contributed by atoms with van der Waals surface area (Å²) in [5.41, 5.74) is 5.51. The number of sulfonamides is 1. The maximum atomic E-state index is 13.0. The monoisotopic (exact) mass is 434 g/mol. The standard InChI is InChI=1S/C19H22N4O4S2/c20-19(13-24,10-15-5-3-9-28-15)22-8-6-16-18(22)17(25)11-23(16)29(26,27)12-14-4-1-2-7-21-14/h1-5,7,9,13,16,18H,6,8,10-12,20H2. The van der Waals surface area contributed by atoms with Gasteiger partial charge in [0.15, 0.2) is 12.1 Å². The van der Waals surface area contributed by atoms with Crippen molar-refractivity contribution < 1.29 is 18.0 Å². The molecule has 2 saturated heterocycles. The maximum absolute atomic E-state index is 13.0. The van der Waals surface area contributed by atoms with Gasteiger partial charge in [-0.3, -0.25) is 19.5 Å². The van der Waals surface area contributed by atoms with E-state index in [0.29, 0.717) is 24.9 Å². The molecule has 2 aromatic heterocycles. The van der Waals surface area contributed by atoms with Crippen molar-refractivity contribution in [3.05, 3.63) is 52.5 Å². The molecule has 0 spiro atoms. The summed E-state index contributed by atoms with van der Waals surface area (Å²) in [6, 6.07) is 7.64. The summed E-state index contributed by atoms with van der Waals surface area (Å²) in [5, 5.41) is 1.90. The summed E-state index contributed by atoms with van der Waals surface area (Å²) in [6.07, 6.45) is 2.95. The summed E-state index contributed by atoms with van der Waals surface area (Å²) in [7, 11) is -3.73. The van der Waals surface area contributed by atoms with Crippen LogP contribution in [-0.2, 0) is 31.8 Å². The Hall–Kier alpha value is -1.98. The van der Waals surface area contributed by atoms with Gasteiger partial charge < -0.3 is 5.73 Å². The van der Waals surface area contributed by atoms with E-state index in [9.17, 15) is 18.0 Å². The van der Waals surface area contributed by atoms with E-state index in [2.05, 4.69) is 4.98 Å². The minimum Gasteiger partial charge on any atom is -0.307 e. The number of likely N-dealkylation sites (tertiary alicyclic amines) is 1. The van der Waals surface area contributed by atoms with Crippen molar-refractivity contribution in [2.24, 2.45) is 5.73 Å². The fourth-order valence-electron chi connectivity index (χ4n) is 4.26. The third kappa shape index (κ3) is 3.78. The smallest absolute Gasteiger partial charge is 0.220 e. The van der Waals surface area contributed by atoms with Gasteiger partial charge in [-0.2, -0.15) is 4.31 Å². The third-order valence-electron chi connectivity index (χ3n) is 5.57. The van der Waals surface area contributed by atoms with Gasteiger partial charge in [-0.15, -0.1) is 11.3 Å². The van der Waals surface area contributed by atoms with Crippen LogP contribution in [0.15, 0.2) is 41.9 Å². The first-order valence-corrected chi connectivity index (χ1v) is 11.8. The lowest BCUT2D eigenvalue weighted by molar-refractivity contribution is -0.126. The van der Waals surface area contributed by atoms with Gasteiger partial charge in [0.2, 0.25) is 10.0 Å². The average Bonchev–Trinajstić information content (AvgIpc) is 3.41. The number of hydrogen-bond donors (Lipinski definition) is 1. The number of nitrogens with two attached hydrogens (primary N) is 1. The Bertz CT molecular complexity index is 996. The number of aldehydes is 1. The summed E-state index contributed by atoms with van der Waals surface area (Å²) in [4.78, 5) is 31.5. The molecule has 29 heavy (non-hydrogen) atoms. The molecular weight excluding hydrogens is 412 g/mol. The maximum Gasteiger partial charge on any atom is 0.220 e. The largest absolute Gasteiger partial charge is 0.307 e. The molecule has 8 nitrogen and oxygen atoms in total. The Labute approximate surface area is 173 Å². The highest BCUT2D eigenvalue weighted by Gasteiger charge is 2.56. The SMILES string of the molecule is NC(C=O)(Cc1cccs1)N1CCC2C1C(=O)CN2S(=O)(=O)Cc1ccccn1. The van der Waals surface area contributed by atoms with Crippen molar-refractivity contribution in [2.75, 3.05) is 13.1 Å². The van der Waals surface area contributed by atoms with Crippen molar-refractivity contribution >= 4 is 33.4 Å². The first kappa shape index (κ1) is 20.3. The van der Waals surface area contributed by atoms with E-state index >= 15 is 0 Å². The predicted octanol–water partition coefficient (Wildman–Crippen LogP) is 0.397. The molecule has 0 saturated carbocycles. The number of Topliss-reactive ketones (excluding diaryl/α,β-unsaturated/α-hetero) is 1. The van der Waals surface area contributed by atoms with Crippen molar-refractivity contribution in [1.82, 2.24) is 14.2 Å². The predicted molar refractivity (Wildman–Crippen MR) is 108 cm³/mol. The highest BCUT2D eigenvalue weighted by Crippen LogP contribution is 2.36. The second-order valence-electron chi connectivity index (χ2n) is 7.45. The molecule has 3 unspecified atom stereocenters. The van der Waals surface area contributed by atoms with Crippen LogP contribution in [-0.4, -0.2) is 65.5 Å². The van der Waals surface area contributed by atoms with Crippen molar-refractivity contribution in [1.29, 1.82) is 0 Å². The second-order valence-corrected chi connectivity index (χ2v) is 10.4. The topological polar surface area (TPSA) is 114 Å². The molecule has 0 amide bonds. The van der Waals surface area contributed by atoms with Gasteiger partial charge in [0.1, 0.15) is 11.4 Å². The number of aromatic nitrogens is 1. The number of fused-ring (bicyclic) bond motifs is 1. The lowest BCUT2D eigenvalue weighted by atomic mass is 10.0. The average molecular weight is 435 g/mol. The molecule has 2 aliphatic heterocycles. The lowest BCUT2D eigenvalue weighted by Gasteiger charge is -2.36. The summed E-state index contributed by atoms with van der Waals surface area (Å²) >= 11 is 1.49. The van der Waals surface area contributed by atoms with Crippen LogP contribution < -0.4 is 5.73 Å². The molecule has 4 rings (SSSR count). The molecule has 4 heterocycles. The number of thiophene rings is 1. The summed E-state index contributed by atoms with van der Waals surface area (Å²) < 4.78 is 27.2. The molecule has 0 aliphatic carbocycles. The second kappa shape index (κ2) is 7.69. The molecule has 0 radical (unpaired) electrons. The fourth-order valence-corrected chi connectivity index (χ4v) is 6.73. The van der Waals surface area contributed by atoms with E-state index in [-0.39, 0.29) is 24.5 Å². The Kier molecular flexibility index (Phi) is 5.38. The van der Waals surface area contributed by atoms with E-state index in [0.717, 1.165) is 4.88 Å². The highest BCUT2D eigenvalue weighted by atomic mass is 32.2.